The van der Waals surface area contributed by atoms with E-state index in [-0.39, 0.29) is 0 Å². The van der Waals surface area contributed by atoms with E-state index in [1.54, 1.807) is 16.0 Å². The fraction of sp³-hybridized carbons (Fsp3) is 0.125. The molecule has 0 aliphatic carbocycles. The highest BCUT2D eigenvalue weighted by Crippen LogP contribution is 2.24. The Balaban J connectivity index is 1.84. The number of benzene rings is 1. The lowest BCUT2D eigenvalue weighted by Gasteiger charge is -2.04. The quantitative estimate of drug-likeness (QED) is 0.553. The van der Waals surface area contributed by atoms with Crippen LogP contribution in [0.15, 0.2) is 46.4 Å². The summed E-state index contributed by atoms with van der Waals surface area (Å²) in [7, 11) is 0. The van der Waals surface area contributed by atoms with Gasteiger partial charge in [0, 0.05) is 16.3 Å². The highest BCUT2D eigenvalue weighted by molar-refractivity contribution is 7.09. The summed E-state index contributed by atoms with van der Waals surface area (Å²) in [5.41, 5.74) is 2.04. The summed E-state index contributed by atoms with van der Waals surface area (Å²) in [5, 5.41) is 15.1. The molecule has 0 fully saturated rings. The molecule has 0 spiro atoms. The van der Waals surface area contributed by atoms with Crippen LogP contribution < -0.4 is 0 Å². The van der Waals surface area contributed by atoms with E-state index in [0.29, 0.717) is 34.5 Å². The summed E-state index contributed by atoms with van der Waals surface area (Å²) in [6, 6.07) is 11.5. The highest BCUT2D eigenvalue weighted by atomic mass is 35.5. The zero-order chi connectivity index (χ0) is 16.5. The molecule has 6 nitrogen and oxygen atoms in total. The smallest absolute Gasteiger partial charge is 0.187 e. The molecule has 0 atom stereocenters. The van der Waals surface area contributed by atoms with Crippen molar-refractivity contribution in [3.05, 3.63) is 63.2 Å². The van der Waals surface area contributed by atoms with E-state index in [1.165, 1.54) is 4.88 Å². The number of aryl methyl sites for hydroxylation is 1. The summed E-state index contributed by atoms with van der Waals surface area (Å²) >= 11 is 7.79. The molecular formula is C16H12ClN5OS. The van der Waals surface area contributed by atoms with Crippen molar-refractivity contribution >= 4 is 22.9 Å². The Morgan fingerprint density at radius 3 is 2.83 bits per heavy atom. The average Bonchev–Trinajstić information content (AvgIpc) is 3.29. The van der Waals surface area contributed by atoms with E-state index in [9.17, 15) is 0 Å². The van der Waals surface area contributed by atoms with E-state index in [0.717, 1.165) is 5.69 Å². The normalized spacial score (nSPS) is 11.1. The van der Waals surface area contributed by atoms with Gasteiger partial charge in [-0.3, -0.25) is 0 Å². The highest BCUT2D eigenvalue weighted by Gasteiger charge is 2.20. The third-order valence-corrected chi connectivity index (χ3v) is 4.59. The Morgan fingerprint density at radius 2 is 2.12 bits per heavy atom. The second-order valence-corrected chi connectivity index (χ2v) is 6.67. The van der Waals surface area contributed by atoms with Gasteiger partial charge in [0.15, 0.2) is 17.3 Å². The van der Waals surface area contributed by atoms with Crippen LogP contribution in [0.5, 0.6) is 0 Å². The van der Waals surface area contributed by atoms with Crippen LogP contribution in [-0.4, -0.2) is 25.1 Å². The maximum atomic E-state index is 6.12. The summed E-state index contributed by atoms with van der Waals surface area (Å²) in [6.07, 6.45) is 0.655. The van der Waals surface area contributed by atoms with Crippen molar-refractivity contribution in [2.24, 2.45) is 0 Å². The minimum atomic E-state index is 0.569. The first-order valence-corrected chi connectivity index (χ1v) is 8.50. The van der Waals surface area contributed by atoms with Crippen molar-refractivity contribution in [2.45, 2.75) is 13.3 Å². The average molecular weight is 358 g/mol. The van der Waals surface area contributed by atoms with Crippen LogP contribution in [0, 0.1) is 6.92 Å². The van der Waals surface area contributed by atoms with Crippen molar-refractivity contribution in [1.82, 2.24) is 25.1 Å². The lowest BCUT2D eigenvalue weighted by molar-refractivity contribution is 0.305. The number of nitrogens with zero attached hydrogens (tertiary/aromatic N) is 5. The Morgan fingerprint density at radius 1 is 1.21 bits per heavy atom. The van der Waals surface area contributed by atoms with Crippen molar-refractivity contribution in [2.75, 3.05) is 0 Å². The minimum Gasteiger partial charge on any atom is -0.244 e. The molecule has 0 aliphatic heterocycles. The van der Waals surface area contributed by atoms with Gasteiger partial charge in [-0.1, -0.05) is 28.9 Å². The summed E-state index contributed by atoms with van der Waals surface area (Å²) in [6.45, 7) is 1.82. The lowest BCUT2D eigenvalue weighted by atomic mass is 10.3. The van der Waals surface area contributed by atoms with Gasteiger partial charge in [-0.25, -0.2) is 14.3 Å². The number of rotatable bonds is 4. The molecular weight excluding hydrogens is 346 g/mol. The van der Waals surface area contributed by atoms with Crippen molar-refractivity contribution in [3.63, 3.8) is 0 Å². The Kier molecular flexibility index (Phi) is 3.87. The first kappa shape index (κ1) is 15.0. The third kappa shape index (κ3) is 2.83. The molecule has 1 aromatic carbocycles. The van der Waals surface area contributed by atoms with Crippen molar-refractivity contribution in [3.8, 4) is 17.2 Å². The van der Waals surface area contributed by atoms with Gasteiger partial charge in [0.2, 0.25) is 0 Å². The zero-order valence-electron chi connectivity index (χ0n) is 12.7. The maximum Gasteiger partial charge on any atom is 0.187 e. The first-order valence-electron chi connectivity index (χ1n) is 7.24. The van der Waals surface area contributed by atoms with Gasteiger partial charge in [0.05, 0.1) is 5.69 Å². The van der Waals surface area contributed by atoms with E-state index < -0.39 is 0 Å². The van der Waals surface area contributed by atoms with Crippen LogP contribution in [0.1, 0.15) is 16.4 Å². The lowest BCUT2D eigenvalue weighted by Crippen LogP contribution is -2.01. The molecule has 0 unspecified atom stereocenters. The van der Waals surface area contributed by atoms with Gasteiger partial charge < -0.3 is 0 Å². The summed E-state index contributed by atoms with van der Waals surface area (Å²) in [4.78, 5) is 5.84. The molecule has 3 heterocycles. The van der Waals surface area contributed by atoms with Crippen LogP contribution in [0.4, 0.5) is 0 Å². The van der Waals surface area contributed by atoms with Crippen LogP contribution in [0.3, 0.4) is 0 Å². The molecule has 24 heavy (non-hydrogen) atoms. The summed E-state index contributed by atoms with van der Waals surface area (Å²) in [5.74, 6) is 1.29. The second-order valence-electron chi connectivity index (χ2n) is 5.20. The molecule has 0 N–H and O–H groups in total. The molecule has 0 aliphatic rings. The Hall–Kier alpha value is -2.51. The van der Waals surface area contributed by atoms with E-state index in [2.05, 4.69) is 26.5 Å². The van der Waals surface area contributed by atoms with Gasteiger partial charge in [0.1, 0.15) is 5.69 Å². The number of hydrogen-bond donors (Lipinski definition) is 0. The van der Waals surface area contributed by atoms with Crippen molar-refractivity contribution in [1.29, 1.82) is 0 Å². The molecule has 4 rings (SSSR count). The Labute approximate surface area is 146 Å². The molecule has 0 amide bonds. The fourth-order valence-electron chi connectivity index (χ4n) is 2.37. The van der Waals surface area contributed by atoms with E-state index >= 15 is 0 Å². The van der Waals surface area contributed by atoms with E-state index in [1.807, 2.05) is 42.6 Å². The largest absolute Gasteiger partial charge is 0.244 e. The van der Waals surface area contributed by atoms with Gasteiger partial charge in [-0.2, -0.15) is 5.10 Å². The summed E-state index contributed by atoms with van der Waals surface area (Å²) < 4.78 is 6.55. The predicted octanol–water partition coefficient (Wildman–Crippen LogP) is 3.93. The first-order chi connectivity index (χ1) is 11.7. The standard InChI is InChI=1S/C16H12ClN5OS/c1-10-15(21-23-20-10)16-18-14(9-13-6-3-7-24-13)19-22(16)12-5-2-4-11(17)8-12/h2-8H,9H2,1H3. The fourth-order valence-corrected chi connectivity index (χ4v) is 3.26. The zero-order valence-corrected chi connectivity index (χ0v) is 14.3. The second kappa shape index (κ2) is 6.18. The number of halogens is 1. The van der Waals surface area contributed by atoms with Gasteiger partial charge >= 0.3 is 0 Å². The van der Waals surface area contributed by atoms with Gasteiger partial charge in [-0.05, 0) is 41.7 Å². The minimum absolute atomic E-state index is 0.569. The monoisotopic (exact) mass is 357 g/mol. The van der Waals surface area contributed by atoms with Gasteiger partial charge in [0.25, 0.3) is 0 Å². The number of aromatic nitrogens is 5. The van der Waals surface area contributed by atoms with E-state index in [4.69, 9.17) is 16.2 Å². The van der Waals surface area contributed by atoms with Crippen LogP contribution in [0.25, 0.3) is 17.2 Å². The predicted molar refractivity (Wildman–Crippen MR) is 91.5 cm³/mol. The van der Waals surface area contributed by atoms with Crippen LogP contribution >= 0.6 is 22.9 Å². The maximum absolute atomic E-state index is 6.12. The number of thiophene rings is 1. The van der Waals surface area contributed by atoms with Gasteiger partial charge in [-0.15, -0.1) is 11.3 Å². The molecule has 0 bridgehead atoms. The molecule has 3 aromatic heterocycles. The molecule has 0 saturated heterocycles. The third-order valence-electron chi connectivity index (χ3n) is 3.48. The molecule has 0 radical (unpaired) electrons. The molecule has 120 valence electrons. The topological polar surface area (TPSA) is 69.6 Å². The molecule has 4 aromatic rings. The van der Waals surface area contributed by atoms with Crippen LogP contribution in [-0.2, 0) is 6.42 Å². The van der Waals surface area contributed by atoms with Crippen LogP contribution in [0.2, 0.25) is 5.02 Å². The molecule has 0 saturated carbocycles. The Bertz CT molecular complexity index is 976. The SMILES string of the molecule is Cc1nonc1-c1nc(Cc2cccs2)nn1-c1cccc(Cl)c1. The molecule has 8 heteroatoms. The van der Waals surface area contributed by atoms with Crippen molar-refractivity contribution < 1.29 is 4.63 Å². The number of hydrogen-bond acceptors (Lipinski definition) is 6.